The summed E-state index contributed by atoms with van der Waals surface area (Å²) in [6, 6.07) is 6.01. The molecule has 0 aliphatic carbocycles. The number of aromatic nitrogens is 4. The molecule has 2 aromatic rings. The van der Waals surface area contributed by atoms with Crippen molar-refractivity contribution >= 4 is 5.82 Å². The highest BCUT2D eigenvalue weighted by molar-refractivity contribution is 5.39. The zero-order valence-corrected chi connectivity index (χ0v) is 15.8. The molecule has 0 N–H and O–H groups in total. The number of morpholine rings is 1. The molecule has 2 aromatic heterocycles. The van der Waals surface area contributed by atoms with Gasteiger partial charge in [-0.25, -0.2) is 4.68 Å². The number of hydrogen-bond acceptors (Lipinski definition) is 6. The summed E-state index contributed by atoms with van der Waals surface area (Å²) in [5.74, 6) is 1.62. The Bertz CT molecular complexity index is 688. The Hall–Kier alpha value is -1.99. The predicted molar refractivity (Wildman–Crippen MR) is 98.3 cm³/mol. The summed E-state index contributed by atoms with van der Waals surface area (Å²) in [4.78, 5) is 4.59. The number of ether oxygens (including phenoxy) is 1. The van der Waals surface area contributed by atoms with Crippen LogP contribution in [0.4, 0.5) is 5.82 Å². The van der Waals surface area contributed by atoms with E-state index < -0.39 is 0 Å². The number of hydrogen-bond donors (Lipinski definition) is 0. The maximum absolute atomic E-state index is 5.79. The fourth-order valence-corrected chi connectivity index (χ4v) is 3.37. The molecule has 3 rings (SSSR count). The molecular weight excluding hydrogens is 316 g/mol. The molecule has 7 nitrogen and oxygen atoms in total. The van der Waals surface area contributed by atoms with Crippen molar-refractivity contribution in [3.8, 4) is 5.82 Å². The van der Waals surface area contributed by atoms with Gasteiger partial charge in [0.15, 0.2) is 11.6 Å². The van der Waals surface area contributed by atoms with Crippen molar-refractivity contribution in [3.05, 3.63) is 29.6 Å². The highest BCUT2D eigenvalue weighted by atomic mass is 16.5. The first-order valence-electron chi connectivity index (χ1n) is 8.88. The maximum Gasteiger partial charge on any atom is 0.176 e. The fourth-order valence-electron chi connectivity index (χ4n) is 3.37. The number of likely N-dealkylation sites (N-methyl/N-ethyl adjacent to an activating group) is 1. The van der Waals surface area contributed by atoms with E-state index in [4.69, 9.17) is 4.74 Å². The minimum Gasteiger partial charge on any atom is -0.373 e. The average Bonchev–Trinajstić information content (AvgIpc) is 2.90. The quantitative estimate of drug-likeness (QED) is 0.825. The molecule has 0 amide bonds. The lowest BCUT2D eigenvalue weighted by atomic mass is 10.2. The smallest absolute Gasteiger partial charge is 0.176 e. The van der Waals surface area contributed by atoms with Crippen LogP contribution in [-0.2, 0) is 4.74 Å². The van der Waals surface area contributed by atoms with Crippen LogP contribution in [0.1, 0.15) is 25.2 Å². The molecule has 3 heterocycles. The molecule has 0 spiro atoms. The molecule has 7 heteroatoms. The maximum atomic E-state index is 5.79. The second kappa shape index (κ2) is 7.49. The second-order valence-corrected chi connectivity index (χ2v) is 7.03. The number of nitrogens with zero attached hydrogens (tertiary/aromatic N) is 6. The van der Waals surface area contributed by atoms with E-state index in [0.29, 0.717) is 12.2 Å². The van der Waals surface area contributed by atoms with Crippen LogP contribution >= 0.6 is 0 Å². The second-order valence-electron chi connectivity index (χ2n) is 7.03. The Morgan fingerprint density at radius 1 is 1.16 bits per heavy atom. The van der Waals surface area contributed by atoms with Crippen molar-refractivity contribution in [2.75, 3.05) is 38.1 Å². The summed E-state index contributed by atoms with van der Waals surface area (Å²) in [5.41, 5.74) is 2.04. The van der Waals surface area contributed by atoms with E-state index in [9.17, 15) is 0 Å². The Morgan fingerprint density at radius 2 is 1.88 bits per heavy atom. The zero-order chi connectivity index (χ0) is 18.0. The lowest BCUT2D eigenvalue weighted by Crippen LogP contribution is -2.47. The van der Waals surface area contributed by atoms with Crippen molar-refractivity contribution in [2.45, 2.75) is 39.9 Å². The van der Waals surface area contributed by atoms with Gasteiger partial charge >= 0.3 is 0 Å². The van der Waals surface area contributed by atoms with E-state index in [1.54, 1.807) is 0 Å². The van der Waals surface area contributed by atoms with Gasteiger partial charge in [0.05, 0.1) is 17.9 Å². The van der Waals surface area contributed by atoms with Crippen LogP contribution in [0.3, 0.4) is 0 Å². The van der Waals surface area contributed by atoms with Crippen LogP contribution in [0, 0.1) is 13.8 Å². The van der Waals surface area contributed by atoms with Crippen LogP contribution in [0.2, 0.25) is 0 Å². The third kappa shape index (κ3) is 4.35. The Morgan fingerprint density at radius 3 is 2.44 bits per heavy atom. The third-order valence-corrected chi connectivity index (χ3v) is 4.50. The number of anilines is 1. The van der Waals surface area contributed by atoms with Gasteiger partial charge in [-0.05, 0) is 45.9 Å². The Kier molecular flexibility index (Phi) is 5.34. The molecule has 0 radical (unpaired) electrons. The fraction of sp³-hybridized carbons (Fsp3) is 0.611. The van der Waals surface area contributed by atoms with Crippen molar-refractivity contribution in [1.82, 2.24) is 24.9 Å². The van der Waals surface area contributed by atoms with Gasteiger partial charge in [-0.1, -0.05) is 0 Å². The van der Waals surface area contributed by atoms with E-state index in [-0.39, 0.29) is 0 Å². The van der Waals surface area contributed by atoms with E-state index in [0.717, 1.165) is 49.2 Å². The molecule has 0 saturated carbocycles. The van der Waals surface area contributed by atoms with Crippen LogP contribution in [0.5, 0.6) is 0 Å². The molecule has 1 aliphatic heterocycles. The first-order chi connectivity index (χ1) is 11.9. The summed E-state index contributed by atoms with van der Waals surface area (Å²) in [6.07, 6.45) is 0.600. The van der Waals surface area contributed by atoms with Gasteiger partial charge in [0.1, 0.15) is 0 Å². The minimum atomic E-state index is 0.300. The van der Waals surface area contributed by atoms with Crippen LogP contribution in [0.25, 0.3) is 5.82 Å². The summed E-state index contributed by atoms with van der Waals surface area (Å²) >= 11 is 0. The van der Waals surface area contributed by atoms with Gasteiger partial charge in [0, 0.05) is 38.9 Å². The molecule has 1 aliphatic rings. The van der Waals surface area contributed by atoms with E-state index in [1.165, 1.54) is 0 Å². The zero-order valence-electron chi connectivity index (χ0n) is 15.8. The molecule has 136 valence electrons. The largest absolute Gasteiger partial charge is 0.373 e. The molecule has 2 atom stereocenters. The first kappa shape index (κ1) is 17.8. The van der Waals surface area contributed by atoms with E-state index in [2.05, 4.69) is 46.0 Å². The molecule has 1 saturated heterocycles. The van der Waals surface area contributed by atoms with Crippen molar-refractivity contribution in [2.24, 2.45) is 0 Å². The number of aryl methyl sites for hydroxylation is 2. The van der Waals surface area contributed by atoms with Crippen molar-refractivity contribution in [3.63, 3.8) is 0 Å². The van der Waals surface area contributed by atoms with Gasteiger partial charge in [-0.2, -0.15) is 5.10 Å². The highest BCUT2D eigenvalue weighted by Gasteiger charge is 2.22. The van der Waals surface area contributed by atoms with E-state index >= 15 is 0 Å². The van der Waals surface area contributed by atoms with Gasteiger partial charge in [0.25, 0.3) is 0 Å². The summed E-state index contributed by atoms with van der Waals surface area (Å²) in [5, 5.41) is 13.2. The van der Waals surface area contributed by atoms with Crippen molar-refractivity contribution in [1.29, 1.82) is 0 Å². The highest BCUT2D eigenvalue weighted by Crippen LogP contribution is 2.14. The normalized spacial score (nSPS) is 21.5. The van der Waals surface area contributed by atoms with Crippen LogP contribution < -0.4 is 4.90 Å². The summed E-state index contributed by atoms with van der Waals surface area (Å²) in [7, 11) is 2.06. The van der Waals surface area contributed by atoms with Gasteiger partial charge in [-0.15, -0.1) is 10.2 Å². The van der Waals surface area contributed by atoms with E-state index in [1.807, 2.05) is 36.7 Å². The van der Waals surface area contributed by atoms with Gasteiger partial charge in [-0.3, -0.25) is 4.90 Å². The van der Waals surface area contributed by atoms with Crippen molar-refractivity contribution < 1.29 is 4.74 Å². The average molecular weight is 344 g/mol. The Balaban J connectivity index is 1.59. The molecule has 0 unspecified atom stereocenters. The topological polar surface area (TPSA) is 59.3 Å². The number of rotatable bonds is 5. The summed E-state index contributed by atoms with van der Waals surface area (Å²) < 4.78 is 7.61. The lowest BCUT2D eigenvalue weighted by molar-refractivity contribution is -0.0670. The van der Waals surface area contributed by atoms with Crippen LogP contribution in [0.15, 0.2) is 18.2 Å². The molecule has 25 heavy (non-hydrogen) atoms. The SMILES string of the molecule is Cc1cc(C)n(-c2ccc(N(C)CCN3C[C@@H](C)O[C@@H](C)C3)nn2)n1. The molecule has 0 bridgehead atoms. The van der Waals surface area contributed by atoms with Gasteiger partial charge in [0.2, 0.25) is 0 Å². The first-order valence-corrected chi connectivity index (χ1v) is 8.88. The Labute approximate surface area is 149 Å². The standard InChI is InChI=1S/C18H28N6O/c1-13-10-14(2)24(21-13)18-7-6-17(19-20-18)22(5)8-9-23-11-15(3)25-16(4)12-23/h6-7,10,15-16H,8-9,11-12H2,1-5H3/t15-,16+. The molecular formula is C18H28N6O. The predicted octanol–water partition coefficient (Wildman–Crippen LogP) is 1.82. The minimum absolute atomic E-state index is 0.300. The summed E-state index contributed by atoms with van der Waals surface area (Å²) in [6.45, 7) is 12.1. The monoisotopic (exact) mass is 344 g/mol. The molecule has 1 fully saturated rings. The molecule has 0 aromatic carbocycles. The third-order valence-electron chi connectivity index (χ3n) is 4.50. The van der Waals surface area contributed by atoms with Crippen LogP contribution in [-0.4, -0.2) is 70.3 Å². The lowest BCUT2D eigenvalue weighted by Gasteiger charge is -2.36. The van der Waals surface area contributed by atoms with Gasteiger partial charge < -0.3 is 9.64 Å².